The van der Waals surface area contributed by atoms with Gasteiger partial charge in [0.15, 0.2) is 10.9 Å². The van der Waals surface area contributed by atoms with Crippen LogP contribution < -0.4 is 11.2 Å². The lowest BCUT2D eigenvalue weighted by Gasteiger charge is -2.00. The van der Waals surface area contributed by atoms with E-state index in [9.17, 15) is 0 Å². The van der Waals surface area contributed by atoms with Gasteiger partial charge in [0.05, 0.1) is 11.0 Å². The van der Waals surface area contributed by atoms with Crippen LogP contribution in [0.15, 0.2) is 65.8 Å². The number of nitrogens with two attached hydrogens (primary N) is 1. The fourth-order valence-electron chi connectivity index (χ4n) is 2.10. The molecular formula is C17H15N5S. The number of nitrogens with one attached hydrogen (secondary N) is 2. The number of hydrazone groups is 1. The van der Waals surface area contributed by atoms with Crippen molar-refractivity contribution < 1.29 is 0 Å². The van der Waals surface area contributed by atoms with E-state index in [4.69, 9.17) is 18.0 Å². The first-order valence-corrected chi connectivity index (χ1v) is 7.44. The fraction of sp³-hybridized carbons (Fsp3) is 0. The largest absolute Gasteiger partial charge is 0.375 e. The number of benzene rings is 2. The number of hydrogen-bond donors (Lipinski definition) is 3. The summed E-state index contributed by atoms with van der Waals surface area (Å²) in [7, 11) is 0. The second kappa shape index (κ2) is 6.85. The zero-order valence-corrected chi connectivity index (χ0v) is 13.0. The molecule has 4 N–H and O–H groups in total. The van der Waals surface area contributed by atoms with E-state index in [2.05, 4.69) is 20.5 Å². The summed E-state index contributed by atoms with van der Waals surface area (Å²) < 4.78 is 0. The number of thiocarbonyl (C=S) groups is 1. The molecular weight excluding hydrogens is 306 g/mol. The molecule has 3 rings (SSSR count). The summed E-state index contributed by atoms with van der Waals surface area (Å²) in [5, 5.41) is 4.33. The molecule has 2 aromatic carbocycles. The molecule has 0 atom stereocenters. The van der Waals surface area contributed by atoms with Crippen LogP contribution >= 0.6 is 12.2 Å². The molecule has 6 heteroatoms. The van der Waals surface area contributed by atoms with Crippen molar-refractivity contribution >= 4 is 40.2 Å². The zero-order chi connectivity index (χ0) is 16.1. The van der Waals surface area contributed by atoms with Gasteiger partial charge in [0.2, 0.25) is 0 Å². The van der Waals surface area contributed by atoms with Crippen LogP contribution in [0.5, 0.6) is 0 Å². The average molecular weight is 321 g/mol. The van der Waals surface area contributed by atoms with E-state index in [0.29, 0.717) is 11.5 Å². The SMILES string of the molecule is NC(=S)N/N=C(/C=C/c1ccccc1)c1nc2ccccc2[nH]1. The summed E-state index contributed by atoms with van der Waals surface area (Å²) in [5.41, 5.74) is 11.6. The van der Waals surface area contributed by atoms with Gasteiger partial charge in [0.1, 0.15) is 5.71 Å². The van der Waals surface area contributed by atoms with Crippen LogP contribution in [-0.2, 0) is 0 Å². The Bertz CT molecular complexity index is 847. The summed E-state index contributed by atoms with van der Waals surface area (Å²) in [6.45, 7) is 0. The van der Waals surface area contributed by atoms with E-state index in [-0.39, 0.29) is 5.11 Å². The standard InChI is InChI=1S/C17H15N5S/c18-17(23)22-21-15(11-10-12-6-2-1-3-7-12)16-19-13-8-4-5-9-14(13)20-16/h1-11H,(H,19,20)(H3,18,22,23)/b11-10+,21-15-. The van der Waals surface area contributed by atoms with Gasteiger partial charge >= 0.3 is 0 Å². The highest BCUT2D eigenvalue weighted by Gasteiger charge is 2.07. The van der Waals surface area contributed by atoms with Crippen LogP contribution in [0.25, 0.3) is 17.1 Å². The third-order valence-electron chi connectivity index (χ3n) is 3.15. The van der Waals surface area contributed by atoms with Crippen LogP contribution in [0.3, 0.4) is 0 Å². The molecule has 114 valence electrons. The lowest BCUT2D eigenvalue weighted by Crippen LogP contribution is -2.25. The Balaban J connectivity index is 1.96. The van der Waals surface area contributed by atoms with Crippen molar-refractivity contribution in [1.82, 2.24) is 15.4 Å². The molecule has 0 aliphatic carbocycles. The predicted octanol–water partition coefficient (Wildman–Crippen LogP) is 2.81. The van der Waals surface area contributed by atoms with Gasteiger partial charge in [-0.2, -0.15) is 5.10 Å². The number of imidazole rings is 1. The second-order valence-electron chi connectivity index (χ2n) is 4.82. The van der Waals surface area contributed by atoms with Gasteiger partial charge < -0.3 is 10.7 Å². The molecule has 3 aromatic rings. The molecule has 23 heavy (non-hydrogen) atoms. The predicted molar refractivity (Wildman–Crippen MR) is 98.0 cm³/mol. The van der Waals surface area contributed by atoms with E-state index in [1.807, 2.05) is 66.7 Å². The van der Waals surface area contributed by atoms with Gasteiger partial charge in [0, 0.05) is 0 Å². The summed E-state index contributed by atoms with van der Waals surface area (Å²) in [4.78, 5) is 7.78. The molecule has 0 amide bonds. The van der Waals surface area contributed by atoms with E-state index < -0.39 is 0 Å². The number of para-hydroxylation sites is 2. The van der Waals surface area contributed by atoms with Gasteiger partial charge in [0.25, 0.3) is 0 Å². The molecule has 0 aliphatic heterocycles. The highest BCUT2D eigenvalue weighted by atomic mass is 32.1. The van der Waals surface area contributed by atoms with Crippen molar-refractivity contribution in [2.24, 2.45) is 10.8 Å². The summed E-state index contributed by atoms with van der Waals surface area (Å²) in [6.07, 6.45) is 3.81. The van der Waals surface area contributed by atoms with Gasteiger partial charge in [-0.1, -0.05) is 48.5 Å². The molecule has 1 aromatic heterocycles. The summed E-state index contributed by atoms with van der Waals surface area (Å²) >= 11 is 4.81. The fourth-order valence-corrected chi connectivity index (χ4v) is 2.14. The highest BCUT2D eigenvalue weighted by molar-refractivity contribution is 7.80. The highest BCUT2D eigenvalue weighted by Crippen LogP contribution is 2.12. The monoisotopic (exact) mass is 321 g/mol. The molecule has 0 radical (unpaired) electrons. The summed E-state index contributed by atoms with van der Waals surface area (Å²) in [6, 6.07) is 17.7. The first kappa shape index (κ1) is 14.9. The maximum Gasteiger partial charge on any atom is 0.184 e. The Morgan fingerprint density at radius 3 is 2.61 bits per heavy atom. The molecule has 0 unspecified atom stereocenters. The third kappa shape index (κ3) is 3.81. The van der Waals surface area contributed by atoms with E-state index in [0.717, 1.165) is 16.6 Å². The second-order valence-corrected chi connectivity index (χ2v) is 5.26. The molecule has 0 fully saturated rings. The number of nitrogens with zero attached hydrogens (tertiary/aromatic N) is 2. The number of aromatic amines is 1. The van der Waals surface area contributed by atoms with Crippen molar-refractivity contribution in [1.29, 1.82) is 0 Å². The quantitative estimate of drug-likeness (QED) is 0.392. The number of allylic oxidation sites excluding steroid dienone is 1. The Morgan fingerprint density at radius 2 is 1.87 bits per heavy atom. The van der Waals surface area contributed by atoms with Crippen LogP contribution in [0.1, 0.15) is 11.4 Å². The normalized spacial score (nSPS) is 11.9. The molecule has 1 heterocycles. The van der Waals surface area contributed by atoms with Crippen molar-refractivity contribution in [3.8, 4) is 0 Å². The molecule has 0 saturated carbocycles. The Morgan fingerprint density at radius 1 is 1.13 bits per heavy atom. The first-order valence-electron chi connectivity index (χ1n) is 7.04. The van der Waals surface area contributed by atoms with Crippen LogP contribution in [0.4, 0.5) is 0 Å². The van der Waals surface area contributed by atoms with E-state index >= 15 is 0 Å². The third-order valence-corrected chi connectivity index (χ3v) is 3.24. The van der Waals surface area contributed by atoms with Crippen LogP contribution in [-0.4, -0.2) is 20.8 Å². The zero-order valence-electron chi connectivity index (χ0n) is 12.2. The number of H-pyrrole nitrogens is 1. The molecule has 0 bridgehead atoms. The van der Waals surface area contributed by atoms with Gasteiger partial charge in [-0.05, 0) is 36.0 Å². The molecule has 5 nitrogen and oxygen atoms in total. The number of fused-ring (bicyclic) bond motifs is 1. The minimum atomic E-state index is 0.103. The van der Waals surface area contributed by atoms with Crippen molar-refractivity contribution in [2.75, 3.05) is 0 Å². The van der Waals surface area contributed by atoms with Gasteiger partial charge in [-0.25, -0.2) is 4.98 Å². The number of hydrogen-bond acceptors (Lipinski definition) is 3. The lowest BCUT2D eigenvalue weighted by atomic mass is 10.2. The summed E-state index contributed by atoms with van der Waals surface area (Å²) in [5.74, 6) is 0.641. The smallest absolute Gasteiger partial charge is 0.184 e. The Kier molecular flexibility index (Phi) is 4.44. The minimum absolute atomic E-state index is 0.103. The van der Waals surface area contributed by atoms with Gasteiger partial charge in [-0.3, -0.25) is 5.43 Å². The Hall–Kier alpha value is -2.99. The maximum atomic E-state index is 5.46. The molecule has 0 saturated heterocycles. The van der Waals surface area contributed by atoms with E-state index in [1.165, 1.54) is 0 Å². The van der Waals surface area contributed by atoms with Crippen molar-refractivity contribution in [3.63, 3.8) is 0 Å². The van der Waals surface area contributed by atoms with Crippen LogP contribution in [0.2, 0.25) is 0 Å². The van der Waals surface area contributed by atoms with Crippen molar-refractivity contribution in [3.05, 3.63) is 72.1 Å². The topological polar surface area (TPSA) is 79.1 Å². The first-order chi connectivity index (χ1) is 11.2. The van der Waals surface area contributed by atoms with Gasteiger partial charge in [-0.15, -0.1) is 0 Å². The lowest BCUT2D eigenvalue weighted by molar-refractivity contribution is 1.03. The average Bonchev–Trinajstić information content (AvgIpc) is 2.99. The minimum Gasteiger partial charge on any atom is -0.375 e. The number of aromatic nitrogens is 2. The Labute approximate surface area is 138 Å². The number of rotatable bonds is 4. The van der Waals surface area contributed by atoms with E-state index in [1.54, 1.807) is 0 Å². The molecule has 0 spiro atoms. The van der Waals surface area contributed by atoms with Crippen LogP contribution in [0, 0.1) is 0 Å². The maximum absolute atomic E-state index is 5.46. The molecule has 0 aliphatic rings. The van der Waals surface area contributed by atoms with Crippen molar-refractivity contribution in [2.45, 2.75) is 0 Å².